The number of likely N-dealkylation sites (tertiary alicyclic amines) is 1. The predicted octanol–water partition coefficient (Wildman–Crippen LogP) is -6.12. The highest BCUT2D eigenvalue weighted by Crippen LogP contribution is 2.24. The van der Waals surface area contributed by atoms with Crippen molar-refractivity contribution >= 4 is 59.2 Å². The Labute approximate surface area is 408 Å². The second kappa shape index (κ2) is 32.6. The van der Waals surface area contributed by atoms with Gasteiger partial charge in [-0.1, -0.05) is 12.5 Å². The second-order valence-corrected chi connectivity index (χ2v) is 16.6. The molecule has 8 amide bonds. The number of aliphatic hydroxyl groups excluding tert-OH is 1. The van der Waals surface area contributed by atoms with Crippen molar-refractivity contribution in [2.45, 2.75) is 139 Å². The van der Waals surface area contributed by atoms with Crippen LogP contribution in [0.3, 0.4) is 0 Å². The summed E-state index contributed by atoms with van der Waals surface area (Å²) in [5, 5.41) is 35.7. The van der Waals surface area contributed by atoms with E-state index in [1.165, 1.54) is 6.92 Å². The van der Waals surface area contributed by atoms with Crippen LogP contribution in [0.2, 0.25) is 0 Å². The Morgan fingerprint density at radius 1 is 0.761 bits per heavy atom. The summed E-state index contributed by atoms with van der Waals surface area (Å²) >= 11 is 0. The van der Waals surface area contributed by atoms with E-state index in [0.29, 0.717) is 25.8 Å². The lowest BCUT2D eigenvalue weighted by Gasteiger charge is -2.30. The molecule has 0 aromatic carbocycles. The van der Waals surface area contributed by atoms with Crippen molar-refractivity contribution in [2.24, 2.45) is 45.1 Å². The minimum Gasteiger partial charge on any atom is -0.477 e. The van der Waals surface area contributed by atoms with Gasteiger partial charge >= 0.3 is 12.1 Å². The molecule has 0 aromatic heterocycles. The molecule has 27 nitrogen and oxygen atoms in total. The number of halogens is 3. The summed E-state index contributed by atoms with van der Waals surface area (Å²) in [6, 6.07) is -10.7. The van der Waals surface area contributed by atoms with Crippen LogP contribution >= 0.6 is 0 Å². The zero-order valence-corrected chi connectivity index (χ0v) is 39.8. The van der Waals surface area contributed by atoms with Crippen LogP contribution in [0.5, 0.6) is 0 Å². The molecule has 0 radical (unpaired) electrons. The zero-order chi connectivity index (χ0) is 53.8. The number of nitrogens with two attached hydrogens (primary N) is 7. The summed E-state index contributed by atoms with van der Waals surface area (Å²) in [4.78, 5) is 123. The first-order valence-electron chi connectivity index (χ1n) is 23.1. The van der Waals surface area contributed by atoms with Gasteiger partial charge in [0, 0.05) is 19.6 Å². The monoisotopic (exact) mass is 1020 g/mol. The van der Waals surface area contributed by atoms with Crippen LogP contribution in [0.25, 0.3) is 0 Å². The number of carbonyl (C=O) groups excluding carboxylic acids is 8. The number of amides is 8. The summed E-state index contributed by atoms with van der Waals surface area (Å²) in [5.74, 6) is -10.0. The van der Waals surface area contributed by atoms with E-state index in [-0.39, 0.29) is 83.5 Å². The molecule has 0 unspecified atom stereocenters. The maximum Gasteiger partial charge on any atom is 0.391 e. The first-order chi connectivity index (χ1) is 33.4. The van der Waals surface area contributed by atoms with Gasteiger partial charge in [-0.25, -0.2) is 4.79 Å². The molecule has 0 bridgehead atoms. The number of carboxylic acids is 1. The van der Waals surface area contributed by atoms with E-state index in [1.807, 2.05) is 5.32 Å². The highest BCUT2D eigenvalue weighted by molar-refractivity contribution is 5.99. The molecule has 23 N–H and O–H groups in total. The van der Waals surface area contributed by atoms with E-state index in [9.17, 15) is 66.5 Å². The van der Waals surface area contributed by atoms with Crippen molar-refractivity contribution in [2.75, 3.05) is 45.8 Å². The summed E-state index contributed by atoms with van der Waals surface area (Å²) in [6.07, 6.45) is -5.66. The number of carboxylic acid groups (broad SMARTS) is 1. The zero-order valence-electron chi connectivity index (χ0n) is 39.8. The number of guanidine groups is 1. The molecule has 1 aliphatic rings. The number of nitrogens with one attached hydrogen (secondary N) is 7. The molecule has 1 heterocycles. The molecule has 0 spiro atoms. The van der Waals surface area contributed by atoms with Crippen molar-refractivity contribution in [3.63, 3.8) is 0 Å². The van der Waals surface area contributed by atoms with Crippen molar-refractivity contribution in [1.82, 2.24) is 42.1 Å². The fourth-order valence-electron chi connectivity index (χ4n) is 6.95. The van der Waals surface area contributed by atoms with E-state index in [0.717, 1.165) is 11.0 Å². The van der Waals surface area contributed by atoms with Gasteiger partial charge in [0.1, 0.15) is 41.9 Å². The third-order valence-corrected chi connectivity index (χ3v) is 10.8. The van der Waals surface area contributed by atoms with Crippen LogP contribution in [0.1, 0.15) is 84.0 Å². The Balaban J connectivity index is 3.16. The van der Waals surface area contributed by atoms with Gasteiger partial charge in [-0.15, -0.1) is 0 Å². The Morgan fingerprint density at radius 2 is 1.38 bits per heavy atom. The van der Waals surface area contributed by atoms with Crippen molar-refractivity contribution in [3.05, 3.63) is 11.8 Å². The molecular weight excluding hydrogens is 950 g/mol. The molecule has 1 aliphatic heterocycles. The van der Waals surface area contributed by atoms with E-state index >= 15 is 0 Å². The lowest BCUT2D eigenvalue weighted by Crippen LogP contribution is -2.60. The molecule has 30 heteroatoms. The van der Waals surface area contributed by atoms with Crippen LogP contribution in [0.4, 0.5) is 13.2 Å². The van der Waals surface area contributed by atoms with Gasteiger partial charge in [-0.2, -0.15) is 13.2 Å². The highest BCUT2D eigenvalue weighted by atomic mass is 19.4. The minimum absolute atomic E-state index is 0.0465. The topological polar surface area (TPSA) is 476 Å². The van der Waals surface area contributed by atoms with Crippen LogP contribution in [0, 0.1) is 0 Å². The molecule has 0 saturated carbocycles. The third-order valence-electron chi connectivity index (χ3n) is 10.8. The molecule has 8 atom stereocenters. The van der Waals surface area contributed by atoms with Crippen molar-refractivity contribution in [3.8, 4) is 0 Å². The van der Waals surface area contributed by atoms with Gasteiger partial charge in [0.25, 0.3) is 0 Å². The average molecular weight is 1020 g/mol. The van der Waals surface area contributed by atoms with Crippen LogP contribution in [-0.2, 0) is 43.2 Å². The van der Waals surface area contributed by atoms with E-state index in [1.54, 1.807) is 0 Å². The Hall–Kier alpha value is -6.21. The number of hydrogen-bond donors (Lipinski definition) is 16. The van der Waals surface area contributed by atoms with Gasteiger partial charge in [-0.05, 0) is 90.8 Å². The molecule has 1 saturated heterocycles. The number of unbranched alkanes of at least 4 members (excludes halogenated alkanes) is 2. The van der Waals surface area contributed by atoms with Gasteiger partial charge in [0.2, 0.25) is 47.3 Å². The summed E-state index contributed by atoms with van der Waals surface area (Å²) < 4.78 is 41.8. The second-order valence-electron chi connectivity index (χ2n) is 16.6. The first kappa shape index (κ1) is 62.8. The fraction of sp³-hybridized carbons (Fsp3) is 0.707. The Morgan fingerprint density at radius 3 is 1.96 bits per heavy atom. The standard InChI is InChI=1S/C41H73F3N16O11/c1-22(54-37(68)31(29(61)20-48)59-33(64)23(49)9-2-4-14-45)32(63)53-21-30(62)55-25(11-6-16-47)38(69)60-18-8-13-28(60)36(67)58-27(19-41(42,43)44)35(66)56-24(10-3-5-15-46)34(65)57-26(39(70)71)12-7-17-52-40(50)51/h12,22-25,27-29,31,61H,2-11,13-21,45-49H2,1H3,(H,53,63)(H,54,68)(H,55,62)(H,56,66)(H,57,65)(H,58,67)(H,59,64)(H,70,71)(H4,50,51,52)/b26-12-/t22-,23-,24-,25+,27-,28-,29-,31-/m0/s1. The summed E-state index contributed by atoms with van der Waals surface area (Å²) in [6.45, 7) is 0.466. The third kappa shape index (κ3) is 24.0. The molecule has 0 aliphatic carbocycles. The SMILES string of the molecule is C[C@H](NC(=O)[C@@H](NC(=O)[C@@H](N)CCCCN)[C@@H](O)CN)C(=O)NCC(=O)N[C@H](CCCN)C(=O)N1CCC[C@H]1C(=O)N[C@@H](CC(F)(F)F)C(=O)N[C@@H](CCCCN)C(=O)N/C(=C\CCN=C(N)N)C(=O)O. The average Bonchev–Trinajstić information content (AvgIpc) is 3.81. The van der Waals surface area contributed by atoms with Gasteiger partial charge < -0.3 is 92.5 Å². The number of carbonyl (C=O) groups is 9. The predicted molar refractivity (Wildman–Crippen MR) is 250 cm³/mol. The maximum absolute atomic E-state index is 13.9. The summed E-state index contributed by atoms with van der Waals surface area (Å²) in [7, 11) is 0. The molecule has 71 heavy (non-hydrogen) atoms. The van der Waals surface area contributed by atoms with Crippen LogP contribution in [-0.4, -0.2) is 175 Å². The Bertz CT molecular complexity index is 1860. The van der Waals surface area contributed by atoms with E-state index in [2.05, 4.69) is 36.9 Å². The maximum atomic E-state index is 13.9. The largest absolute Gasteiger partial charge is 0.477 e. The number of rotatable bonds is 33. The highest BCUT2D eigenvalue weighted by Gasteiger charge is 2.42. The molecule has 0 aromatic rings. The number of nitrogens with zero attached hydrogens (tertiary/aromatic N) is 2. The van der Waals surface area contributed by atoms with Gasteiger partial charge in [0.05, 0.1) is 25.1 Å². The first-order valence-corrected chi connectivity index (χ1v) is 23.1. The van der Waals surface area contributed by atoms with Crippen molar-refractivity contribution in [1.29, 1.82) is 0 Å². The smallest absolute Gasteiger partial charge is 0.391 e. The number of aliphatic imine (C=N–C) groups is 1. The van der Waals surface area contributed by atoms with Gasteiger partial charge in [-0.3, -0.25) is 43.3 Å². The molecule has 1 fully saturated rings. The lowest BCUT2D eigenvalue weighted by molar-refractivity contribution is -0.153. The fourth-order valence-corrected chi connectivity index (χ4v) is 6.95. The molecular formula is C41H73F3N16O11. The van der Waals surface area contributed by atoms with Gasteiger partial charge in [0.15, 0.2) is 5.96 Å². The van der Waals surface area contributed by atoms with Crippen LogP contribution < -0.4 is 77.4 Å². The van der Waals surface area contributed by atoms with E-state index in [4.69, 9.17) is 40.1 Å². The summed E-state index contributed by atoms with van der Waals surface area (Å²) in [5.41, 5.74) is 38.0. The van der Waals surface area contributed by atoms with Crippen LogP contribution in [0.15, 0.2) is 16.8 Å². The quantitative estimate of drug-likeness (QED) is 0.0126. The number of hydrogen-bond acceptors (Lipinski definition) is 16. The lowest BCUT2D eigenvalue weighted by atomic mass is 10.1. The number of alkyl halides is 3. The van der Waals surface area contributed by atoms with E-state index < -0.39 is 133 Å². The normalized spacial score (nSPS) is 16.7. The molecule has 1 rings (SSSR count). The Kier molecular flexibility index (Phi) is 28.9. The number of aliphatic hydroxyl groups is 1. The van der Waals surface area contributed by atoms with Crippen molar-refractivity contribution < 1.29 is 66.5 Å². The molecule has 404 valence electrons. The minimum atomic E-state index is -5.05. The number of aliphatic carboxylic acids is 1.